The molecule has 5 nitrogen and oxygen atoms in total. The minimum atomic E-state index is -0.495. The standard InChI is InChI=1S/C12H13FN4O/c1-7-6-8(13)2-3-9(7)10-4-5-11(17-16-10)12(18)15-14/h2-5,7H,6,14H2,1H3,(H,15,18). The number of hydrazine groups is 1. The van der Waals surface area contributed by atoms with Crippen LogP contribution in [-0.2, 0) is 0 Å². The molecule has 1 unspecified atom stereocenters. The molecule has 94 valence electrons. The number of carbonyl (C=O) groups excluding carboxylic acids is 1. The van der Waals surface area contributed by atoms with Gasteiger partial charge in [-0.15, -0.1) is 5.10 Å². The zero-order chi connectivity index (χ0) is 13.1. The molecule has 6 heteroatoms. The van der Waals surface area contributed by atoms with Gasteiger partial charge in [0.05, 0.1) is 5.69 Å². The molecule has 0 fully saturated rings. The summed E-state index contributed by atoms with van der Waals surface area (Å²) in [7, 11) is 0. The molecule has 0 saturated carbocycles. The largest absolute Gasteiger partial charge is 0.289 e. The fourth-order valence-electron chi connectivity index (χ4n) is 1.83. The minimum absolute atomic E-state index is 0.0403. The lowest BCUT2D eigenvalue weighted by atomic mass is 9.90. The summed E-state index contributed by atoms with van der Waals surface area (Å²) in [6.45, 7) is 1.92. The maximum atomic E-state index is 13.1. The number of nitrogen functional groups attached to an aromatic ring is 1. The molecule has 3 N–H and O–H groups in total. The molecule has 0 radical (unpaired) electrons. The second kappa shape index (κ2) is 5.05. The summed E-state index contributed by atoms with van der Waals surface area (Å²) < 4.78 is 13.1. The minimum Gasteiger partial charge on any atom is -0.289 e. The number of amides is 1. The van der Waals surface area contributed by atoms with Gasteiger partial charge in [-0.05, 0) is 29.7 Å². The molecule has 18 heavy (non-hydrogen) atoms. The monoisotopic (exact) mass is 248 g/mol. The first-order chi connectivity index (χ1) is 8.61. The molecule has 0 spiro atoms. The van der Waals surface area contributed by atoms with Crippen molar-refractivity contribution in [1.82, 2.24) is 15.6 Å². The number of hydrogen-bond donors (Lipinski definition) is 2. The van der Waals surface area contributed by atoms with E-state index in [0.717, 1.165) is 5.57 Å². The number of nitrogens with one attached hydrogen (secondary N) is 1. The topological polar surface area (TPSA) is 80.9 Å². The predicted octanol–water partition coefficient (Wildman–Crippen LogP) is 1.36. The number of nitrogens with zero attached hydrogens (tertiary/aromatic N) is 2. The third-order valence-electron chi connectivity index (χ3n) is 2.80. The lowest BCUT2D eigenvalue weighted by Crippen LogP contribution is -2.30. The van der Waals surface area contributed by atoms with E-state index in [-0.39, 0.29) is 17.4 Å². The Bertz CT molecular complexity index is 521. The molecule has 1 aromatic rings. The zero-order valence-electron chi connectivity index (χ0n) is 9.85. The van der Waals surface area contributed by atoms with Gasteiger partial charge in [-0.2, -0.15) is 5.10 Å². The molecule has 1 aliphatic rings. The van der Waals surface area contributed by atoms with Crippen LogP contribution in [-0.4, -0.2) is 16.1 Å². The van der Waals surface area contributed by atoms with Crippen LogP contribution in [0.3, 0.4) is 0 Å². The van der Waals surface area contributed by atoms with Gasteiger partial charge in [0.1, 0.15) is 5.83 Å². The summed E-state index contributed by atoms with van der Waals surface area (Å²) in [5.41, 5.74) is 3.67. The van der Waals surface area contributed by atoms with E-state index in [2.05, 4.69) is 10.2 Å². The van der Waals surface area contributed by atoms with Crippen molar-refractivity contribution in [3.05, 3.63) is 41.5 Å². The molecule has 2 rings (SSSR count). The lowest BCUT2D eigenvalue weighted by Gasteiger charge is -2.17. The smallest absolute Gasteiger partial charge is 0.285 e. The fourth-order valence-corrected chi connectivity index (χ4v) is 1.83. The number of aromatic nitrogens is 2. The molecule has 1 aliphatic carbocycles. The summed E-state index contributed by atoms with van der Waals surface area (Å²) in [6.07, 6.45) is 3.48. The van der Waals surface area contributed by atoms with Gasteiger partial charge in [0.25, 0.3) is 5.91 Å². The maximum absolute atomic E-state index is 13.1. The first kappa shape index (κ1) is 12.4. The second-order valence-electron chi connectivity index (χ2n) is 4.12. The van der Waals surface area contributed by atoms with E-state index in [1.165, 1.54) is 12.1 Å². The molecule has 1 atom stereocenters. The lowest BCUT2D eigenvalue weighted by molar-refractivity contribution is 0.0947. The Morgan fingerprint density at radius 2 is 2.22 bits per heavy atom. The molecule has 1 amide bonds. The Kier molecular flexibility index (Phi) is 3.47. The van der Waals surface area contributed by atoms with Crippen LogP contribution in [0.25, 0.3) is 5.57 Å². The van der Waals surface area contributed by atoms with E-state index in [1.54, 1.807) is 12.1 Å². The van der Waals surface area contributed by atoms with Gasteiger partial charge in [-0.25, -0.2) is 10.2 Å². The average Bonchev–Trinajstić information content (AvgIpc) is 2.38. The van der Waals surface area contributed by atoms with Crippen molar-refractivity contribution in [2.75, 3.05) is 0 Å². The van der Waals surface area contributed by atoms with Gasteiger partial charge in [-0.1, -0.05) is 13.0 Å². The number of halogens is 1. The quantitative estimate of drug-likeness (QED) is 0.470. The van der Waals surface area contributed by atoms with E-state index in [9.17, 15) is 9.18 Å². The van der Waals surface area contributed by atoms with Crippen LogP contribution in [0.15, 0.2) is 30.1 Å². The Labute approximate surface area is 104 Å². The van der Waals surface area contributed by atoms with E-state index in [4.69, 9.17) is 5.84 Å². The Hall–Kier alpha value is -2.08. The van der Waals surface area contributed by atoms with Crippen molar-refractivity contribution in [2.24, 2.45) is 11.8 Å². The van der Waals surface area contributed by atoms with E-state index >= 15 is 0 Å². The van der Waals surface area contributed by atoms with Gasteiger partial charge in [-0.3, -0.25) is 10.2 Å². The normalized spacial score (nSPS) is 18.9. The number of carbonyl (C=O) groups is 1. The van der Waals surface area contributed by atoms with Crippen molar-refractivity contribution < 1.29 is 9.18 Å². The summed E-state index contributed by atoms with van der Waals surface area (Å²) in [4.78, 5) is 11.2. The molecular formula is C12H13FN4O. The molecule has 0 saturated heterocycles. The second-order valence-corrected chi connectivity index (χ2v) is 4.12. The summed E-state index contributed by atoms with van der Waals surface area (Å²) >= 11 is 0. The van der Waals surface area contributed by atoms with Crippen LogP contribution < -0.4 is 11.3 Å². The number of hydrogen-bond acceptors (Lipinski definition) is 4. The molecule has 0 bridgehead atoms. The van der Waals surface area contributed by atoms with Crippen molar-refractivity contribution in [3.8, 4) is 0 Å². The number of nitrogens with two attached hydrogens (primary N) is 1. The zero-order valence-corrected chi connectivity index (χ0v) is 9.85. The molecular weight excluding hydrogens is 235 g/mol. The molecule has 1 heterocycles. The summed E-state index contributed by atoms with van der Waals surface area (Å²) in [5, 5.41) is 7.74. The van der Waals surface area contributed by atoms with Crippen molar-refractivity contribution in [3.63, 3.8) is 0 Å². The van der Waals surface area contributed by atoms with Gasteiger partial charge >= 0.3 is 0 Å². The Balaban J connectivity index is 2.27. The predicted molar refractivity (Wildman–Crippen MR) is 64.6 cm³/mol. The van der Waals surface area contributed by atoms with Crippen LogP contribution in [0.1, 0.15) is 29.5 Å². The highest BCUT2D eigenvalue weighted by atomic mass is 19.1. The van der Waals surface area contributed by atoms with Crippen molar-refractivity contribution in [1.29, 1.82) is 0 Å². The third-order valence-corrected chi connectivity index (χ3v) is 2.80. The van der Waals surface area contributed by atoms with Crippen LogP contribution in [0.5, 0.6) is 0 Å². The van der Waals surface area contributed by atoms with E-state index in [0.29, 0.717) is 12.1 Å². The summed E-state index contributed by atoms with van der Waals surface area (Å²) in [6, 6.07) is 3.21. The molecule has 0 aliphatic heterocycles. The van der Waals surface area contributed by atoms with Crippen molar-refractivity contribution >= 4 is 11.5 Å². The highest BCUT2D eigenvalue weighted by Crippen LogP contribution is 2.31. The van der Waals surface area contributed by atoms with Crippen LogP contribution in [0, 0.1) is 5.92 Å². The number of rotatable bonds is 2. The Morgan fingerprint density at radius 3 is 2.78 bits per heavy atom. The SMILES string of the molecule is CC1CC(F)=CC=C1c1ccc(C(=O)NN)nn1. The maximum Gasteiger partial charge on any atom is 0.285 e. The highest BCUT2D eigenvalue weighted by molar-refractivity contribution is 5.91. The van der Waals surface area contributed by atoms with Crippen LogP contribution in [0.2, 0.25) is 0 Å². The van der Waals surface area contributed by atoms with Crippen LogP contribution in [0.4, 0.5) is 4.39 Å². The first-order valence-corrected chi connectivity index (χ1v) is 5.53. The fraction of sp³-hybridized carbons (Fsp3) is 0.250. The average molecular weight is 248 g/mol. The van der Waals surface area contributed by atoms with Gasteiger partial charge in [0.15, 0.2) is 5.69 Å². The van der Waals surface area contributed by atoms with Gasteiger partial charge in [0.2, 0.25) is 0 Å². The number of allylic oxidation sites excluding steroid dienone is 4. The van der Waals surface area contributed by atoms with Crippen molar-refractivity contribution in [2.45, 2.75) is 13.3 Å². The van der Waals surface area contributed by atoms with E-state index in [1.807, 2.05) is 12.3 Å². The van der Waals surface area contributed by atoms with Gasteiger partial charge in [0, 0.05) is 6.42 Å². The third kappa shape index (κ3) is 2.43. The molecule has 0 aromatic carbocycles. The summed E-state index contributed by atoms with van der Waals surface area (Å²) in [5.74, 6) is 4.40. The first-order valence-electron chi connectivity index (χ1n) is 5.53. The van der Waals surface area contributed by atoms with Crippen LogP contribution >= 0.6 is 0 Å². The molecule has 1 aromatic heterocycles. The van der Waals surface area contributed by atoms with Gasteiger partial charge < -0.3 is 0 Å². The van der Waals surface area contributed by atoms with E-state index < -0.39 is 5.91 Å². The highest BCUT2D eigenvalue weighted by Gasteiger charge is 2.18. The Morgan fingerprint density at radius 1 is 1.44 bits per heavy atom.